The summed E-state index contributed by atoms with van der Waals surface area (Å²) in [6, 6.07) is 5.97. The molecule has 4 heteroatoms. The van der Waals surface area contributed by atoms with Crippen molar-refractivity contribution >= 4 is 22.5 Å². The number of aromatic nitrogens is 1. The van der Waals surface area contributed by atoms with Crippen molar-refractivity contribution in [2.75, 3.05) is 13.7 Å². The molecule has 1 atom stereocenters. The first-order valence-corrected chi connectivity index (χ1v) is 5.73. The number of H-pyrrole nitrogens is 1. The Morgan fingerprint density at radius 2 is 2.31 bits per heavy atom. The van der Waals surface area contributed by atoms with Gasteiger partial charge in [0, 0.05) is 29.6 Å². The van der Waals surface area contributed by atoms with Gasteiger partial charge in [-0.1, -0.05) is 17.7 Å². The summed E-state index contributed by atoms with van der Waals surface area (Å²) in [6.45, 7) is 0.946. The fourth-order valence-corrected chi connectivity index (χ4v) is 2.55. The van der Waals surface area contributed by atoms with Crippen LogP contribution in [0.3, 0.4) is 0 Å². The number of hydrogen-bond donors (Lipinski definition) is 2. The minimum Gasteiger partial charge on any atom is -0.361 e. The summed E-state index contributed by atoms with van der Waals surface area (Å²) >= 11 is 5.99. The van der Waals surface area contributed by atoms with Crippen molar-refractivity contribution in [3.63, 3.8) is 0 Å². The van der Waals surface area contributed by atoms with Crippen molar-refractivity contribution in [2.24, 2.45) is 0 Å². The molecule has 84 valence electrons. The topological polar surface area (TPSA) is 37.0 Å². The molecule has 1 aliphatic heterocycles. The van der Waals surface area contributed by atoms with Crippen LogP contribution in [0.5, 0.6) is 0 Å². The van der Waals surface area contributed by atoms with E-state index in [4.69, 9.17) is 16.3 Å². The first kappa shape index (κ1) is 10.1. The van der Waals surface area contributed by atoms with Gasteiger partial charge in [-0.2, -0.15) is 0 Å². The molecule has 1 unspecified atom stereocenters. The average Bonchev–Trinajstić information content (AvgIpc) is 2.65. The van der Waals surface area contributed by atoms with Gasteiger partial charge in [0.2, 0.25) is 0 Å². The molecule has 0 saturated carbocycles. The number of hydrogen-bond acceptors (Lipinski definition) is 2. The van der Waals surface area contributed by atoms with Gasteiger partial charge in [0.15, 0.2) is 0 Å². The van der Waals surface area contributed by atoms with Crippen LogP contribution in [0.2, 0.25) is 5.02 Å². The van der Waals surface area contributed by atoms with Gasteiger partial charge < -0.3 is 9.72 Å². The molecular weight excluding hydrogens is 224 g/mol. The summed E-state index contributed by atoms with van der Waals surface area (Å²) in [5.74, 6) is 0. The Morgan fingerprint density at radius 3 is 3.12 bits per heavy atom. The Labute approximate surface area is 98.7 Å². The van der Waals surface area contributed by atoms with Crippen molar-refractivity contribution in [2.45, 2.75) is 12.6 Å². The van der Waals surface area contributed by atoms with Crippen molar-refractivity contribution < 1.29 is 4.74 Å². The third-order valence-electron chi connectivity index (χ3n) is 3.10. The van der Waals surface area contributed by atoms with Gasteiger partial charge in [-0.05, 0) is 24.1 Å². The Morgan fingerprint density at radius 1 is 1.44 bits per heavy atom. The molecule has 0 aliphatic carbocycles. The lowest BCUT2D eigenvalue weighted by Crippen LogP contribution is -2.30. The fraction of sp³-hybridized carbons (Fsp3) is 0.333. The van der Waals surface area contributed by atoms with Crippen LogP contribution in [-0.4, -0.2) is 18.6 Å². The Balaban J connectivity index is 2.24. The van der Waals surface area contributed by atoms with E-state index in [0.29, 0.717) is 0 Å². The van der Waals surface area contributed by atoms with Gasteiger partial charge in [0.05, 0.1) is 5.69 Å². The van der Waals surface area contributed by atoms with Gasteiger partial charge in [0.1, 0.15) is 6.23 Å². The molecule has 0 spiro atoms. The van der Waals surface area contributed by atoms with Crippen LogP contribution in [0.4, 0.5) is 0 Å². The Kier molecular flexibility index (Phi) is 2.39. The fourth-order valence-electron chi connectivity index (χ4n) is 2.37. The van der Waals surface area contributed by atoms with E-state index in [0.717, 1.165) is 29.2 Å². The minimum absolute atomic E-state index is 0.0325. The molecule has 3 nitrogen and oxygen atoms in total. The predicted molar refractivity (Wildman–Crippen MR) is 64.8 cm³/mol. The number of nitrogens with one attached hydrogen (secondary N) is 2. The lowest BCUT2D eigenvalue weighted by Gasteiger charge is -2.22. The van der Waals surface area contributed by atoms with Crippen LogP contribution in [0.15, 0.2) is 18.2 Å². The largest absolute Gasteiger partial charge is 0.361 e. The predicted octanol–water partition coefficient (Wildman–Crippen LogP) is 2.61. The van der Waals surface area contributed by atoms with Gasteiger partial charge in [-0.25, -0.2) is 0 Å². The highest BCUT2D eigenvalue weighted by Gasteiger charge is 2.23. The third kappa shape index (κ3) is 1.44. The Bertz CT molecular complexity index is 535. The lowest BCUT2D eigenvalue weighted by molar-refractivity contribution is 0.0657. The molecule has 0 radical (unpaired) electrons. The molecule has 0 bridgehead atoms. The molecule has 2 heterocycles. The highest BCUT2D eigenvalue weighted by Crippen LogP contribution is 2.31. The number of ether oxygens (including phenoxy) is 1. The number of fused-ring (bicyclic) bond motifs is 3. The first-order chi connectivity index (χ1) is 7.79. The summed E-state index contributed by atoms with van der Waals surface area (Å²) in [6.07, 6.45) is 0.992. The van der Waals surface area contributed by atoms with Crippen LogP contribution >= 0.6 is 11.6 Å². The number of methoxy groups -OCH3 is 1. The molecule has 0 fully saturated rings. The molecule has 2 aromatic rings. The van der Waals surface area contributed by atoms with Crippen LogP contribution < -0.4 is 5.32 Å². The smallest absolute Gasteiger partial charge is 0.149 e. The molecule has 1 aromatic heterocycles. The zero-order valence-corrected chi connectivity index (χ0v) is 9.77. The standard InChI is InChI=1S/C12H13ClN2O/c1-16-12-11-9(4-5-14-12)8-3-2-7(13)6-10(8)15-11/h2-3,6,12,14-15H,4-5H2,1H3. The number of rotatable bonds is 1. The molecule has 3 rings (SSSR count). The van der Waals surface area contributed by atoms with E-state index in [1.807, 2.05) is 12.1 Å². The Hall–Kier alpha value is -1.03. The van der Waals surface area contributed by atoms with Crippen LogP contribution in [0, 0.1) is 0 Å². The van der Waals surface area contributed by atoms with Crippen LogP contribution in [0.25, 0.3) is 10.9 Å². The van der Waals surface area contributed by atoms with E-state index in [2.05, 4.69) is 16.4 Å². The molecule has 0 saturated heterocycles. The van der Waals surface area contributed by atoms with Gasteiger partial charge in [-0.3, -0.25) is 5.32 Å². The number of aromatic amines is 1. The molecular formula is C12H13ClN2O. The summed E-state index contributed by atoms with van der Waals surface area (Å²) in [5, 5.41) is 5.32. The van der Waals surface area contributed by atoms with Gasteiger partial charge in [0.25, 0.3) is 0 Å². The highest BCUT2D eigenvalue weighted by atomic mass is 35.5. The van der Waals surface area contributed by atoms with E-state index < -0.39 is 0 Å². The van der Waals surface area contributed by atoms with Crippen molar-refractivity contribution in [3.05, 3.63) is 34.5 Å². The minimum atomic E-state index is -0.0325. The zero-order valence-electron chi connectivity index (χ0n) is 9.01. The van der Waals surface area contributed by atoms with Crippen LogP contribution in [-0.2, 0) is 11.2 Å². The number of benzene rings is 1. The van der Waals surface area contributed by atoms with Crippen molar-refractivity contribution in [1.29, 1.82) is 0 Å². The molecule has 0 amide bonds. The number of halogens is 1. The van der Waals surface area contributed by atoms with E-state index in [1.54, 1.807) is 7.11 Å². The average molecular weight is 237 g/mol. The van der Waals surface area contributed by atoms with Gasteiger partial charge >= 0.3 is 0 Å². The molecule has 16 heavy (non-hydrogen) atoms. The maximum atomic E-state index is 5.99. The second-order valence-corrected chi connectivity index (χ2v) is 4.46. The van der Waals surface area contributed by atoms with Gasteiger partial charge in [-0.15, -0.1) is 0 Å². The van der Waals surface area contributed by atoms with Crippen molar-refractivity contribution in [3.8, 4) is 0 Å². The molecule has 1 aliphatic rings. The van der Waals surface area contributed by atoms with Crippen LogP contribution in [0.1, 0.15) is 17.5 Å². The summed E-state index contributed by atoms with van der Waals surface area (Å²) in [4.78, 5) is 3.39. The lowest BCUT2D eigenvalue weighted by atomic mass is 10.0. The quantitative estimate of drug-likeness (QED) is 0.799. The summed E-state index contributed by atoms with van der Waals surface area (Å²) < 4.78 is 5.40. The first-order valence-electron chi connectivity index (χ1n) is 5.36. The van der Waals surface area contributed by atoms with E-state index in [1.165, 1.54) is 10.9 Å². The maximum Gasteiger partial charge on any atom is 0.149 e. The monoisotopic (exact) mass is 236 g/mol. The summed E-state index contributed by atoms with van der Waals surface area (Å²) in [5.41, 5.74) is 3.56. The van der Waals surface area contributed by atoms with Crippen molar-refractivity contribution in [1.82, 2.24) is 10.3 Å². The zero-order chi connectivity index (χ0) is 11.1. The maximum absolute atomic E-state index is 5.99. The molecule has 1 aromatic carbocycles. The second kappa shape index (κ2) is 3.77. The second-order valence-electron chi connectivity index (χ2n) is 4.03. The van der Waals surface area contributed by atoms with E-state index >= 15 is 0 Å². The SMILES string of the molecule is COC1NCCc2c1[nH]c1cc(Cl)ccc21. The highest BCUT2D eigenvalue weighted by molar-refractivity contribution is 6.31. The molecule has 2 N–H and O–H groups in total. The normalized spacial score (nSPS) is 20.0. The van der Waals surface area contributed by atoms with E-state index in [9.17, 15) is 0 Å². The summed E-state index contributed by atoms with van der Waals surface area (Å²) in [7, 11) is 1.71. The third-order valence-corrected chi connectivity index (χ3v) is 3.34. The van der Waals surface area contributed by atoms with E-state index in [-0.39, 0.29) is 6.23 Å².